The van der Waals surface area contributed by atoms with E-state index in [9.17, 15) is 0 Å². The fourth-order valence-electron chi connectivity index (χ4n) is 6.63. The second-order valence-corrected chi connectivity index (χ2v) is 13.4. The van der Waals surface area contributed by atoms with Crippen LogP contribution in [0.4, 0.5) is 0 Å². The zero-order valence-electron chi connectivity index (χ0n) is 28.0. The van der Waals surface area contributed by atoms with Gasteiger partial charge in [-0.3, -0.25) is 0 Å². The third kappa shape index (κ3) is 5.63. The van der Waals surface area contributed by atoms with Gasteiger partial charge in [-0.05, 0) is 72.8 Å². The van der Waals surface area contributed by atoms with Crippen LogP contribution in [-0.4, -0.2) is 34.2 Å². The molecule has 0 radical (unpaired) electrons. The summed E-state index contributed by atoms with van der Waals surface area (Å²) in [5.41, 5.74) is 10.0. The molecule has 3 aromatic heterocycles. The third-order valence-corrected chi connectivity index (χ3v) is 10.4. The predicted octanol–water partition coefficient (Wildman–Crippen LogP) is 11.5. The van der Waals surface area contributed by atoms with Crippen molar-refractivity contribution in [2.45, 2.75) is 0 Å². The number of fused-ring (bicyclic) bond motifs is 3. The molecular formula is C44H32N4O2S. The molecule has 0 aliphatic rings. The molecule has 0 amide bonds. The molecule has 0 saturated heterocycles. The topological polar surface area (TPSA) is 75.8 Å². The molecule has 6 aromatic carbocycles. The van der Waals surface area contributed by atoms with Gasteiger partial charge >= 0.3 is 0 Å². The summed E-state index contributed by atoms with van der Waals surface area (Å²) in [7, 11) is 3.36. The van der Waals surface area contributed by atoms with Gasteiger partial charge in [-0.25, -0.2) is 9.97 Å². The van der Waals surface area contributed by atoms with Gasteiger partial charge in [-0.2, -0.15) is 0 Å². The standard InChI is InChI=1S/C44H32N4O2S/c1-49-33-19-13-29(14-20-33)43-45-39(27-9-5-3-6-10-27)41(47-43)31-17-23-37-35(25-31)36-26-32(18-24-38(36)51-37)42-40(28-11-7-4-8-12-28)46-44(48-42)30-15-21-34(50-2)22-16-30/h3-26H,1-2H3,(H,45,47)(H,46,48). The Balaban J connectivity index is 1.18. The first kappa shape index (κ1) is 30.6. The van der Waals surface area contributed by atoms with Crippen LogP contribution in [0, 0.1) is 0 Å². The van der Waals surface area contributed by atoms with Crippen molar-refractivity contribution >= 4 is 31.5 Å². The number of nitrogens with one attached hydrogen (secondary N) is 2. The van der Waals surface area contributed by atoms with Crippen LogP contribution in [-0.2, 0) is 0 Å². The minimum Gasteiger partial charge on any atom is -0.497 e. The maximum absolute atomic E-state index is 5.40. The van der Waals surface area contributed by atoms with Crippen LogP contribution in [0.15, 0.2) is 146 Å². The van der Waals surface area contributed by atoms with Gasteiger partial charge in [0.1, 0.15) is 23.1 Å². The molecule has 0 aliphatic carbocycles. The molecule has 9 aromatic rings. The largest absolute Gasteiger partial charge is 0.497 e. The number of aromatic nitrogens is 4. The fourth-order valence-corrected chi connectivity index (χ4v) is 7.70. The van der Waals surface area contributed by atoms with Crippen LogP contribution in [0.1, 0.15) is 0 Å². The molecule has 0 bridgehead atoms. The molecule has 51 heavy (non-hydrogen) atoms. The van der Waals surface area contributed by atoms with Gasteiger partial charge in [0.15, 0.2) is 0 Å². The van der Waals surface area contributed by atoms with Crippen molar-refractivity contribution in [3.05, 3.63) is 146 Å². The average Bonchev–Trinajstić information content (AvgIpc) is 3.94. The Morgan fingerprint density at radius 1 is 0.431 bits per heavy atom. The highest BCUT2D eigenvalue weighted by Crippen LogP contribution is 2.42. The lowest BCUT2D eigenvalue weighted by Crippen LogP contribution is -1.85. The van der Waals surface area contributed by atoms with Crippen molar-refractivity contribution < 1.29 is 9.47 Å². The summed E-state index contributed by atoms with van der Waals surface area (Å²) in [5, 5.41) is 2.39. The minimum absolute atomic E-state index is 0.809. The zero-order valence-corrected chi connectivity index (χ0v) is 28.8. The van der Waals surface area contributed by atoms with Crippen molar-refractivity contribution in [3.8, 4) is 79.3 Å². The quantitative estimate of drug-likeness (QED) is 0.167. The molecule has 0 fully saturated rings. The van der Waals surface area contributed by atoms with Crippen LogP contribution in [0.25, 0.3) is 88.0 Å². The molecule has 3 heterocycles. The predicted molar refractivity (Wildman–Crippen MR) is 209 cm³/mol. The Bertz CT molecular complexity index is 2460. The summed E-state index contributed by atoms with van der Waals surface area (Å²) in [6.45, 7) is 0. The number of aromatic amines is 2. The van der Waals surface area contributed by atoms with Gasteiger partial charge in [-0.15, -0.1) is 11.3 Å². The van der Waals surface area contributed by atoms with Crippen LogP contribution in [0.5, 0.6) is 11.5 Å². The molecule has 9 rings (SSSR count). The van der Waals surface area contributed by atoms with Gasteiger partial charge in [0.25, 0.3) is 0 Å². The third-order valence-electron chi connectivity index (χ3n) is 9.28. The molecule has 0 saturated carbocycles. The lowest BCUT2D eigenvalue weighted by molar-refractivity contribution is 0.415. The van der Waals surface area contributed by atoms with E-state index in [1.807, 2.05) is 60.7 Å². The minimum atomic E-state index is 0.809. The van der Waals surface area contributed by atoms with E-state index in [1.165, 1.54) is 20.2 Å². The van der Waals surface area contributed by atoms with Crippen molar-refractivity contribution in [2.24, 2.45) is 0 Å². The number of methoxy groups -OCH3 is 2. The number of hydrogen-bond acceptors (Lipinski definition) is 5. The molecule has 7 heteroatoms. The van der Waals surface area contributed by atoms with E-state index in [0.29, 0.717) is 0 Å². The van der Waals surface area contributed by atoms with Gasteiger partial charge < -0.3 is 19.4 Å². The number of thiophene rings is 1. The second kappa shape index (κ2) is 12.8. The van der Waals surface area contributed by atoms with Crippen LogP contribution in [0.2, 0.25) is 0 Å². The summed E-state index contributed by atoms with van der Waals surface area (Å²) >= 11 is 1.80. The summed E-state index contributed by atoms with van der Waals surface area (Å²) in [5.74, 6) is 3.24. The molecular weight excluding hydrogens is 649 g/mol. The van der Waals surface area contributed by atoms with Crippen molar-refractivity contribution in [2.75, 3.05) is 14.2 Å². The number of benzene rings is 6. The fraction of sp³-hybridized carbons (Fsp3) is 0.0455. The number of hydrogen-bond donors (Lipinski definition) is 2. The Kier molecular flexibility index (Phi) is 7.67. The first-order valence-electron chi connectivity index (χ1n) is 16.7. The van der Waals surface area contributed by atoms with Crippen LogP contribution >= 0.6 is 11.3 Å². The SMILES string of the molecule is COc1ccc(-c2nc(-c3ccc4sc5ccc(-c6[nH]c(-c7ccc(OC)cc7)nc6-c6ccccc6)cc5c4c3)c(-c3ccccc3)[nH]2)cc1. The smallest absolute Gasteiger partial charge is 0.138 e. The Morgan fingerprint density at radius 3 is 1.39 bits per heavy atom. The normalized spacial score (nSPS) is 11.3. The molecule has 0 atom stereocenters. The van der Waals surface area contributed by atoms with Crippen molar-refractivity contribution in [1.29, 1.82) is 0 Å². The van der Waals surface area contributed by atoms with Crippen LogP contribution < -0.4 is 9.47 Å². The van der Waals surface area contributed by atoms with Crippen molar-refractivity contribution in [1.82, 2.24) is 19.9 Å². The zero-order chi connectivity index (χ0) is 34.3. The Hall–Kier alpha value is -6.44. The summed E-state index contributed by atoms with van der Waals surface area (Å²) in [4.78, 5) is 17.6. The molecule has 0 aliphatic heterocycles. The van der Waals surface area contributed by atoms with Gasteiger partial charge in [0, 0.05) is 53.6 Å². The maximum atomic E-state index is 5.40. The number of nitrogens with zero attached hydrogens (tertiary/aromatic N) is 2. The Morgan fingerprint density at radius 2 is 0.863 bits per heavy atom. The molecule has 246 valence electrons. The van der Waals surface area contributed by atoms with E-state index < -0.39 is 0 Å². The Labute approximate surface area is 299 Å². The highest BCUT2D eigenvalue weighted by molar-refractivity contribution is 7.25. The van der Waals surface area contributed by atoms with E-state index in [4.69, 9.17) is 19.4 Å². The lowest BCUT2D eigenvalue weighted by Gasteiger charge is -2.05. The number of ether oxygens (including phenoxy) is 2. The maximum Gasteiger partial charge on any atom is 0.138 e. The van der Waals surface area contributed by atoms with Crippen molar-refractivity contribution in [3.63, 3.8) is 0 Å². The summed E-state index contributed by atoms with van der Waals surface area (Å²) < 4.78 is 13.2. The summed E-state index contributed by atoms with van der Waals surface area (Å²) in [6.07, 6.45) is 0. The second-order valence-electron chi connectivity index (χ2n) is 12.3. The molecule has 0 spiro atoms. The highest BCUT2D eigenvalue weighted by Gasteiger charge is 2.19. The average molecular weight is 681 g/mol. The number of H-pyrrole nitrogens is 2. The van der Waals surface area contributed by atoms with E-state index in [-0.39, 0.29) is 0 Å². The molecule has 6 nitrogen and oxygen atoms in total. The van der Waals surface area contributed by atoms with Gasteiger partial charge in [0.05, 0.1) is 37.0 Å². The van der Waals surface area contributed by atoms with E-state index in [0.717, 1.165) is 79.3 Å². The lowest BCUT2D eigenvalue weighted by atomic mass is 10.0. The monoisotopic (exact) mass is 680 g/mol. The summed E-state index contributed by atoms with van der Waals surface area (Å²) in [6, 6.07) is 50.1. The van der Waals surface area contributed by atoms with Gasteiger partial charge in [0.2, 0.25) is 0 Å². The first-order valence-corrected chi connectivity index (χ1v) is 17.5. The molecule has 2 N–H and O–H groups in total. The number of rotatable bonds is 8. The van der Waals surface area contributed by atoms with E-state index in [2.05, 4.69) is 94.9 Å². The van der Waals surface area contributed by atoms with E-state index in [1.54, 1.807) is 25.6 Å². The molecule has 0 unspecified atom stereocenters. The number of imidazole rings is 2. The highest BCUT2D eigenvalue weighted by atomic mass is 32.1. The van der Waals surface area contributed by atoms with Gasteiger partial charge in [-0.1, -0.05) is 72.8 Å². The first-order chi connectivity index (χ1) is 25.1. The van der Waals surface area contributed by atoms with Crippen LogP contribution in [0.3, 0.4) is 0 Å². The van der Waals surface area contributed by atoms with E-state index >= 15 is 0 Å².